The number of rotatable bonds is 4. The van der Waals surface area contributed by atoms with Gasteiger partial charge in [-0.2, -0.15) is 0 Å². The molecule has 0 aliphatic heterocycles. The number of hydrogen-bond acceptors (Lipinski definition) is 5. The Morgan fingerprint density at radius 2 is 2.13 bits per heavy atom. The number of aromatic amines is 1. The normalized spacial score (nSPS) is 13.8. The summed E-state index contributed by atoms with van der Waals surface area (Å²) in [5.74, 6) is -0.397. The van der Waals surface area contributed by atoms with Gasteiger partial charge in [0.2, 0.25) is 0 Å². The first-order valence-electron chi connectivity index (χ1n) is 9.71. The number of nitrogens with zero attached hydrogens (tertiary/aromatic N) is 2. The molecule has 0 amide bonds. The summed E-state index contributed by atoms with van der Waals surface area (Å²) in [5.41, 5.74) is 9.02. The van der Waals surface area contributed by atoms with Gasteiger partial charge in [-0.05, 0) is 60.4 Å². The van der Waals surface area contributed by atoms with Crippen LogP contribution in [0.3, 0.4) is 0 Å². The number of fused-ring (bicyclic) bond motifs is 1. The molecule has 0 radical (unpaired) electrons. The first-order valence-corrected chi connectivity index (χ1v) is 10.6. The second-order valence-corrected chi connectivity index (χ2v) is 8.47. The largest absolute Gasteiger partial charge is 0.333 e. The smallest absolute Gasteiger partial charge is 0.325 e. The van der Waals surface area contributed by atoms with E-state index < -0.39 is 11.5 Å². The Morgan fingerprint density at radius 1 is 1.33 bits per heavy atom. The minimum Gasteiger partial charge on any atom is -0.325 e. The monoisotopic (exact) mass is 422 g/mol. The highest BCUT2D eigenvalue weighted by molar-refractivity contribution is 7.14. The van der Waals surface area contributed by atoms with Crippen LogP contribution >= 0.6 is 11.3 Å². The topological polar surface area (TPSA) is 93.2 Å². The lowest BCUT2D eigenvalue weighted by Crippen LogP contribution is -2.29. The highest BCUT2D eigenvalue weighted by Gasteiger charge is 2.31. The summed E-state index contributed by atoms with van der Waals surface area (Å²) >= 11 is 1.46. The number of H-pyrrole nitrogens is 1. The van der Waals surface area contributed by atoms with Gasteiger partial charge in [0.1, 0.15) is 5.82 Å². The van der Waals surface area contributed by atoms with Gasteiger partial charge in [-0.25, -0.2) is 9.18 Å². The number of nitrogens with two attached hydrogens (primary N) is 1. The van der Waals surface area contributed by atoms with E-state index in [0.717, 1.165) is 29.1 Å². The number of aryl methyl sites for hydroxylation is 1. The van der Waals surface area contributed by atoms with Crippen molar-refractivity contribution in [1.82, 2.24) is 14.4 Å². The maximum Gasteiger partial charge on any atom is 0.333 e. The Morgan fingerprint density at radius 3 is 2.87 bits per heavy atom. The molecule has 0 bridgehead atoms. The molecule has 4 heterocycles. The van der Waals surface area contributed by atoms with Crippen LogP contribution in [0.1, 0.15) is 35.6 Å². The maximum absolute atomic E-state index is 15.1. The Kier molecular flexibility index (Phi) is 4.41. The average molecular weight is 422 g/mol. The number of aromatic nitrogens is 3. The van der Waals surface area contributed by atoms with E-state index in [4.69, 9.17) is 5.73 Å². The summed E-state index contributed by atoms with van der Waals surface area (Å²) in [4.78, 5) is 32.6. The Balaban J connectivity index is 1.72. The predicted molar refractivity (Wildman–Crippen MR) is 115 cm³/mol. The molecule has 152 valence electrons. The maximum atomic E-state index is 15.1. The van der Waals surface area contributed by atoms with E-state index >= 15 is 4.39 Å². The van der Waals surface area contributed by atoms with E-state index in [1.54, 1.807) is 6.92 Å². The molecule has 0 saturated heterocycles. The number of pyridine rings is 2. The molecule has 4 aromatic rings. The second kappa shape index (κ2) is 7.00. The lowest BCUT2D eigenvalue weighted by Gasteiger charge is -2.13. The van der Waals surface area contributed by atoms with Crippen molar-refractivity contribution in [2.45, 2.75) is 32.2 Å². The van der Waals surface area contributed by atoms with Crippen molar-refractivity contribution in [3.8, 4) is 21.7 Å². The summed E-state index contributed by atoms with van der Waals surface area (Å²) < 4.78 is 16.4. The molecule has 1 aliphatic rings. The zero-order valence-electron chi connectivity index (χ0n) is 16.2. The predicted octanol–water partition coefficient (Wildman–Crippen LogP) is 3.56. The third kappa shape index (κ3) is 3.00. The van der Waals surface area contributed by atoms with Gasteiger partial charge in [0.15, 0.2) is 0 Å². The van der Waals surface area contributed by atoms with E-state index in [1.165, 1.54) is 21.9 Å². The van der Waals surface area contributed by atoms with Crippen LogP contribution in [-0.4, -0.2) is 14.4 Å². The molecule has 0 aromatic carbocycles. The fourth-order valence-electron chi connectivity index (χ4n) is 3.98. The van der Waals surface area contributed by atoms with Crippen LogP contribution in [-0.2, 0) is 6.54 Å². The summed E-state index contributed by atoms with van der Waals surface area (Å²) in [6, 6.07) is 7.53. The van der Waals surface area contributed by atoms with Crippen molar-refractivity contribution in [2.75, 3.05) is 0 Å². The van der Waals surface area contributed by atoms with Gasteiger partial charge in [0.05, 0.1) is 28.0 Å². The van der Waals surface area contributed by atoms with Crippen LogP contribution in [0.15, 0.2) is 45.4 Å². The number of hydrogen-bond donors (Lipinski definition) is 2. The van der Waals surface area contributed by atoms with Crippen LogP contribution in [0.25, 0.3) is 27.2 Å². The average Bonchev–Trinajstić information content (AvgIpc) is 3.45. The van der Waals surface area contributed by atoms with Crippen LogP contribution < -0.4 is 17.0 Å². The molecule has 30 heavy (non-hydrogen) atoms. The molecule has 3 N–H and O–H groups in total. The lowest BCUT2D eigenvalue weighted by atomic mass is 9.99. The van der Waals surface area contributed by atoms with Crippen molar-refractivity contribution in [2.24, 2.45) is 5.73 Å². The first kappa shape index (κ1) is 18.9. The van der Waals surface area contributed by atoms with Gasteiger partial charge < -0.3 is 5.73 Å². The van der Waals surface area contributed by atoms with Gasteiger partial charge in [-0.15, -0.1) is 11.3 Å². The fourth-order valence-corrected chi connectivity index (χ4v) is 4.85. The fraction of sp³-hybridized carbons (Fsp3) is 0.227. The van der Waals surface area contributed by atoms with E-state index in [9.17, 15) is 9.59 Å². The van der Waals surface area contributed by atoms with Crippen LogP contribution in [0.4, 0.5) is 4.39 Å². The molecule has 5 rings (SSSR count). The van der Waals surface area contributed by atoms with Crippen molar-refractivity contribution >= 4 is 16.9 Å². The van der Waals surface area contributed by atoms with Crippen molar-refractivity contribution in [3.63, 3.8) is 0 Å². The molecule has 0 spiro atoms. The Labute approximate surface area is 174 Å². The van der Waals surface area contributed by atoms with Gasteiger partial charge in [-0.3, -0.25) is 19.2 Å². The van der Waals surface area contributed by atoms with Crippen molar-refractivity contribution in [1.29, 1.82) is 0 Å². The molecule has 6 nitrogen and oxygen atoms in total. The zero-order chi connectivity index (χ0) is 21.0. The molecule has 8 heteroatoms. The molecule has 1 saturated carbocycles. The van der Waals surface area contributed by atoms with Crippen LogP contribution in [0, 0.1) is 12.7 Å². The number of nitrogens with one attached hydrogen (secondary N) is 1. The van der Waals surface area contributed by atoms with Gasteiger partial charge in [-0.1, -0.05) is 6.07 Å². The van der Waals surface area contributed by atoms with E-state index in [2.05, 4.69) is 9.97 Å². The zero-order valence-corrected chi connectivity index (χ0v) is 17.1. The second-order valence-electron chi connectivity index (χ2n) is 7.56. The van der Waals surface area contributed by atoms with Crippen LogP contribution in [0.2, 0.25) is 0 Å². The Hall–Kier alpha value is -3.10. The summed E-state index contributed by atoms with van der Waals surface area (Å²) in [6.07, 6.45) is 2.97. The number of thiophene rings is 1. The third-order valence-corrected chi connectivity index (χ3v) is 6.49. The molecule has 1 fully saturated rings. The molecular formula is C22H19FN4O2S. The third-order valence-electron chi connectivity index (χ3n) is 5.53. The minimum absolute atomic E-state index is 0.114. The number of halogens is 1. The van der Waals surface area contributed by atoms with E-state index in [0.29, 0.717) is 34.3 Å². The molecule has 0 atom stereocenters. The molecule has 0 unspecified atom stereocenters. The molecule has 4 aromatic heterocycles. The van der Waals surface area contributed by atoms with E-state index in [-0.39, 0.29) is 11.5 Å². The van der Waals surface area contributed by atoms with Crippen LogP contribution in [0.5, 0.6) is 0 Å². The lowest BCUT2D eigenvalue weighted by molar-refractivity contribution is 0.618. The van der Waals surface area contributed by atoms with Gasteiger partial charge >= 0.3 is 5.69 Å². The highest BCUT2D eigenvalue weighted by Crippen LogP contribution is 2.42. The standard InChI is InChI=1S/C22H19FN4O2S/c1-11-18(13-7-17(30-10-13)16-4-2-3-14(8-24)25-16)15(23)9-27-20(11)19(12-5-6-12)21(28)26-22(27)29/h2-4,7,9-10,12H,5-6,8,24H2,1H3,(H,26,28,29). The summed E-state index contributed by atoms with van der Waals surface area (Å²) in [6.45, 7) is 2.11. The minimum atomic E-state index is -0.623. The Bertz CT molecular complexity index is 1420. The molecule has 1 aliphatic carbocycles. The highest BCUT2D eigenvalue weighted by atomic mass is 32.1. The van der Waals surface area contributed by atoms with Crippen molar-refractivity contribution in [3.05, 3.63) is 79.3 Å². The summed E-state index contributed by atoms with van der Waals surface area (Å²) in [7, 11) is 0. The molecular weight excluding hydrogens is 403 g/mol. The van der Waals surface area contributed by atoms with Crippen molar-refractivity contribution < 1.29 is 4.39 Å². The van der Waals surface area contributed by atoms with Gasteiger partial charge in [0.25, 0.3) is 5.56 Å². The summed E-state index contributed by atoms with van der Waals surface area (Å²) in [5, 5.41) is 1.87. The van der Waals surface area contributed by atoms with E-state index in [1.807, 2.05) is 29.6 Å². The quantitative estimate of drug-likeness (QED) is 0.526. The van der Waals surface area contributed by atoms with Gasteiger partial charge in [0, 0.05) is 17.7 Å². The first-order chi connectivity index (χ1) is 14.5. The SMILES string of the molecule is Cc1c(-c2csc(-c3cccc(CN)n3)c2)c(F)cn2c(=O)[nH]c(=O)c(C3CC3)c12.